The Morgan fingerprint density at radius 1 is 1.20 bits per heavy atom. The minimum atomic E-state index is 0.179. The Kier molecular flexibility index (Phi) is 3.41. The van der Waals surface area contributed by atoms with Crippen LogP contribution in [0.15, 0.2) is 53.6 Å². The van der Waals surface area contributed by atoms with Gasteiger partial charge in [0.1, 0.15) is 0 Å². The van der Waals surface area contributed by atoms with Gasteiger partial charge in [0, 0.05) is 31.1 Å². The molecule has 2 atom stereocenters. The summed E-state index contributed by atoms with van der Waals surface area (Å²) >= 11 is 0. The molecule has 1 amide bonds. The van der Waals surface area contributed by atoms with Gasteiger partial charge in [-0.15, -0.1) is 0 Å². The van der Waals surface area contributed by atoms with E-state index in [2.05, 4.69) is 29.6 Å². The third-order valence-electron chi connectivity index (χ3n) is 5.39. The summed E-state index contributed by atoms with van der Waals surface area (Å²) in [5, 5.41) is 3.39. The van der Waals surface area contributed by atoms with Gasteiger partial charge in [-0.05, 0) is 35.8 Å². The average molecular weight is 336 g/mol. The lowest BCUT2D eigenvalue weighted by atomic mass is 9.86. The highest BCUT2D eigenvalue weighted by Gasteiger charge is 2.41. The van der Waals surface area contributed by atoms with E-state index in [1.807, 2.05) is 23.1 Å². The van der Waals surface area contributed by atoms with Crippen LogP contribution in [0.5, 0.6) is 11.5 Å². The highest BCUT2D eigenvalue weighted by atomic mass is 16.7. The second-order valence-corrected chi connectivity index (χ2v) is 6.91. The van der Waals surface area contributed by atoms with Gasteiger partial charge >= 0.3 is 0 Å². The van der Waals surface area contributed by atoms with Crippen molar-refractivity contribution in [1.82, 2.24) is 10.2 Å². The van der Waals surface area contributed by atoms with Crippen molar-refractivity contribution in [3.63, 3.8) is 0 Å². The molecule has 1 aliphatic carbocycles. The summed E-state index contributed by atoms with van der Waals surface area (Å²) in [5.74, 6) is 2.25. The smallest absolute Gasteiger partial charge is 0.251 e. The molecule has 128 valence electrons. The Morgan fingerprint density at radius 3 is 3.08 bits per heavy atom. The fraction of sp³-hybridized carbons (Fsp3) is 0.350. The molecule has 0 saturated carbocycles. The van der Waals surface area contributed by atoms with Crippen LogP contribution in [-0.4, -0.2) is 36.7 Å². The van der Waals surface area contributed by atoms with Crippen molar-refractivity contribution < 1.29 is 14.3 Å². The number of nitrogens with one attached hydrogen (secondary N) is 1. The Bertz CT molecular complexity index is 824. The molecular weight excluding hydrogens is 316 g/mol. The van der Waals surface area contributed by atoms with Crippen LogP contribution in [0.25, 0.3) is 0 Å². The van der Waals surface area contributed by atoms with Gasteiger partial charge in [-0.1, -0.05) is 24.3 Å². The molecular formula is C20H20N2O3. The van der Waals surface area contributed by atoms with Crippen LogP contribution >= 0.6 is 0 Å². The molecule has 1 aromatic rings. The fourth-order valence-electron chi connectivity index (χ4n) is 4.18. The van der Waals surface area contributed by atoms with E-state index in [1.165, 1.54) is 5.57 Å². The van der Waals surface area contributed by atoms with Crippen LogP contribution in [0.1, 0.15) is 12.0 Å². The number of fused-ring (bicyclic) bond motifs is 1. The van der Waals surface area contributed by atoms with Gasteiger partial charge in [-0.3, -0.25) is 4.79 Å². The van der Waals surface area contributed by atoms with Crippen LogP contribution in [0.2, 0.25) is 0 Å². The lowest BCUT2D eigenvalue weighted by molar-refractivity contribution is -0.128. The predicted molar refractivity (Wildman–Crippen MR) is 93.2 cm³/mol. The summed E-state index contributed by atoms with van der Waals surface area (Å²) in [6, 6.07) is 6.20. The van der Waals surface area contributed by atoms with E-state index in [4.69, 9.17) is 9.47 Å². The Labute approximate surface area is 146 Å². The van der Waals surface area contributed by atoms with Crippen LogP contribution < -0.4 is 14.8 Å². The van der Waals surface area contributed by atoms with Gasteiger partial charge in [0.25, 0.3) is 5.91 Å². The van der Waals surface area contributed by atoms with E-state index < -0.39 is 0 Å². The minimum absolute atomic E-state index is 0.179. The Hall–Kier alpha value is -2.53. The molecule has 0 radical (unpaired) electrons. The lowest BCUT2D eigenvalue weighted by Crippen LogP contribution is -2.44. The van der Waals surface area contributed by atoms with Crippen LogP contribution in [0.3, 0.4) is 0 Å². The summed E-state index contributed by atoms with van der Waals surface area (Å²) in [5.41, 5.74) is 3.23. The number of hydrogen-bond acceptors (Lipinski definition) is 4. The number of amides is 1. The number of hydrogen-bond donors (Lipinski definition) is 1. The second kappa shape index (κ2) is 5.77. The highest BCUT2D eigenvalue weighted by Crippen LogP contribution is 2.38. The molecule has 4 aliphatic rings. The van der Waals surface area contributed by atoms with E-state index >= 15 is 0 Å². The van der Waals surface area contributed by atoms with Gasteiger partial charge in [0.05, 0.1) is 6.04 Å². The molecule has 0 bridgehead atoms. The quantitative estimate of drug-likeness (QED) is 0.915. The number of rotatable bonds is 4. The second-order valence-electron chi connectivity index (χ2n) is 6.91. The first-order valence-electron chi connectivity index (χ1n) is 8.79. The summed E-state index contributed by atoms with van der Waals surface area (Å²) in [6.45, 7) is 2.40. The molecule has 1 N–H and O–H groups in total. The van der Waals surface area contributed by atoms with Gasteiger partial charge in [-0.2, -0.15) is 0 Å². The summed E-state index contributed by atoms with van der Waals surface area (Å²) in [7, 11) is 0. The predicted octanol–water partition coefficient (Wildman–Crippen LogP) is 2.16. The third kappa shape index (κ3) is 2.46. The molecule has 0 aromatic heterocycles. The van der Waals surface area contributed by atoms with Crippen molar-refractivity contribution in [1.29, 1.82) is 0 Å². The topological polar surface area (TPSA) is 50.8 Å². The number of allylic oxidation sites excluding steroid dienone is 2. The van der Waals surface area contributed by atoms with Crippen molar-refractivity contribution in [2.24, 2.45) is 5.92 Å². The SMILES string of the molecule is O=C1C(CNCc2ccc3c(c2)OCO3)=CC2=CC=CC3CCN1C23. The summed E-state index contributed by atoms with van der Waals surface area (Å²) in [4.78, 5) is 14.8. The summed E-state index contributed by atoms with van der Waals surface area (Å²) in [6.07, 6.45) is 9.65. The zero-order valence-electron chi connectivity index (χ0n) is 13.9. The Balaban J connectivity index is 1.28. The van der Waals surface area contributed by atoms with Gasteiger partial charge < -0.3 is 19.7 Å². The van der Waals surface area contributed by atoms with Crippen molar-refractivity contribution in [2.45, 2.75) is 19.0 Å². The average Bonchev–Trinajstić information content (AvgIpc) is 3.26. The van der Waals surface area contributed by atoms with Crippen LogP contribution in [0, 0.1) is 5.92 Å². The molecule has 3 heterocycles. The van der Waals surface area contributed by atoms with E-state index in [1.54, 1.807) is 0 Å². The molecule has 1 fully saturated rings. The number of carbonyl (C=O) groups excluding carboxylic acids is 1. The first-order chi connectivity index (χ1) is 12.3. The van der Waals surface area contributed by atoms with Gasteiger partial charge in [0.2, 0.25) is 6.79 Å². The molecule has 5 heteroatoms. The molecule has 1 aromatic carbocycles. The Morgan fingerprint density at radius 2 is 2.12 bits per heavy atom. The molecule has 1 saturated heterocycles. The van der Waals surface area contributed by atoms with E-state index in [0.717, 1.165) is 35.6 Å². The summed E-state index contributed by atoms with van der Waals surface area (Å²) < 4.78 is 10.7. The van der Waals surface area contributed by atoms with Crippen molar-refractivity contribution in [2.75, 3.05) is 19.9 Å². The van der Waals surface area contributed by atoms with Crippen LogP contribution in [-0.2, 0) is 11.3 Å². The molecule has 3 aliphatic heterocycles. The minimum Gasteiger partial charge on any atom is -0.454 e. The number of carbonyl (C=O) groups is 1. The fourth-order valence-corrected chi connectivity index (χ4v) is 4.18. The molecule has 5 rings (SSSR count). The standard InChI is InChI=1S/C20H20N2O3/c23-20-16(9-15-3-1-2-14-6-7-22(20)19(14)15)11-21-10-13-4-5-17-18(8-13)25-12-24-17/h1-5,8-9,14,19,21H,6-7,10-12H2. The van der Waals surface area contributed by atoms with Gasteiger partial charge in [-0.25, -0.2) is 0 Å². The van der Waals surface area contributed by atoms with Crippen molar-refractivity contribution >= 4 is 5.91 Å². The van der Waals surface area contributed by atoms with Crippen LogP contribution in [0.4, 0.5) is 0 Å². The molecule has 0 spiro atoms. The first kappa shape index (κ1) is 14.8. The zero-order valence-corrected chi connectivity index (χ0v) is 13.9. The normalized spacial score (nSPS) is 25.8. The molecule has 2 unspecified atom stereocenters. The van der Waals surface area contributed by atoms with Crippen molar-refractivity contribution in [3.05, 3.63) is 59.2 Å². The number of ether oxygens (including phenoxy) is 2. The van der Waals surface area contributed by atoms with E-state index in [9.17, 15) is 4.79 Å². The van der Waals surface area contributed by atoms with Crippen molar-refractivity contribution in [3.8, 4) is 11.5 Å². The van der Waals surface area contributed by atoms with E-state index in [0.29, 0.717) is 19.0 Å². The van der Waals surface area contributed by atoms with E-state index in [-0.39, 0.29) is 18.7 Å². The van der Waals surface area contributed by atoms with Gasteiger partial charge in [0.15, 0.2) is 11.5 Å². The molecule has 25 heavy (non-hydrogen) atoms. The maximum atomic E-state index is 12.8. The zero-order chi connectivity index (χ0) is 16.8. The highest BCUT2D eigenvalue weighted by molar-refractivity contribution is 5.97. The number of nitrogens with zero attached hydrogens (tertiary/aromatic N) is 1. The number of benzene rings is 1. The largest absolute Gasteiger partial charge is 0.454 e. The maximum absolute atomic E-state index is 12.8. The third-order valence-corrected chi connectivity index (χ3v) is 5.39. The first-order valence-corrected chi connectivity index (χ1v) is 8.79. The molecule has 5 nitrogen and oxygen atoms in total. The maximum Gasteiger partial charge on any atom is 0.251 e. The lowest BCUT2D eigenvalue weighted by Gasteiger charge is -2.34. The monoisotopic (exact) mass is 336 g/mol.